The molecule has 0 bridgehead atoms. The van der Waals surface area contributed by atoms with Crippen molar-refractivity contribution in [3.63, 3.8) is 0 Å². The standard InChI is InChI=1S/C21H21FN2O3/c22-16-7-5-15(6-8-16)18-9-10-20(27-18)21(25)23-14-17(19-4-3-13-26-19)24-11-1-2-12-24/h3-10,13,17H,1-2,11-12,14H2,(H,23,25)/t17-/m1/s1. The van der Waals surface area contributed by atoms with Crippen LogP contribution < -0.4 is 5.32 Å². The van der Waals surface area contributed by atoms with Crippen LogP contribution in [0.4, 0.5) is 4.39 Å². The molecule has 0 spiro atoms. The number of hydrogen-bond donors (Lipinski definition) is 1. The summed E-state index contributed by atoms with van der Waals surface area (Å²) in [5.74, 6) is 1.02. The van der Waals surface area contributed by atoms with Gasteiger partial charge in [-0.3, -0.25) is 9.69 Å². The molecule has 1 aliphatic heterocycles. The Hall–Kier alpha value is -2.86. The van der Waals surface area contributed by atoms with E-state index in [4.69, 9.17) is 8.83 Å². The van der Waals surface area contributed by atoms with E-state index in [-0.39, 0.29) is 23.5 Å². The van der Waals surface area contributed by atoms with Crippen molar-refractivity contribution in [2.75, 3.05) is 19.6 Å². The van der Waals surface area contributed by atoms with Crippen LogP contribution in [-0.2, 0) is 0 Å². The zero-order chi connectivity index (χ0) is 18.6. The predicted molar refractivity (Wildman–Crippen MR) is 98.7 cm³/mol. The number of carbonyl (C=O) groups is 1. The maximum Gasteiger partial charge on any atom is 0.287 e. The molecular formula is C21H21FN2O3. The molecule has 27 heavy (non-hydrogen) atoms. The van der Waals surface area contributed by atoms with Gasteiger partial charge in [0.15, 0.2) is 5.76 Å². The molecule has 1 saturated heterocycles. The van der Waals surface area contributed by atoms with Crippen molar-refractivity contribution >= 4 is 5.91 Å². The number of benzene rings is 1. The van der Waals surface area contributed by atoms with Crippen molar-refractivity contribution in [2.45, 2.75) is 18.9 Å². The van der Waals surface area contributed by atoms with Gasteiger partial charge in [0, 0.05) is 12.1 Å². The van der Waals surface area contributed by atoms with E-state index in [1.165, 1.54) is 12.1 Å². The molecule has 0 radical (unpaired) electrons. The second kappa shape index (κ2) is 7.80. The van der Waals surface area contributed by atoms with Gasteiger partial charge in [-0.05, 0) is 74.5 Å². The Morgan fingerprint density at radius 1 is 1.11 bits per heavy atom. The largest absolute Gasteiger partial charge is 0.468 e. The van der Waals surface area contributed by atoms with E-state index in [1.807, 2.05) is 12.1 Å². The highest BCUT2D eigenvalue weighted by Crippen LogP contribution is 2.26. The number of amides is 1. The van der Waals surface area contributed by atoms with Crippen LogP contribution in [0.25, 0.3) is 11.3 Å². The summed E-state index contributed by atoms with van der Waals surface area (Å²) in [5, 5.41) is 2.94. The second-order valence-electron chi connectivity index (χ2n) is 6.66. The molecule has 1 N–H and O–H groups in total. The van der Waals surface area contributed by atoms with Crippen molar-refractivity contribution in [3.05, 3.63) is 72.1 Å². The third-order valence-corrected chi connectivity index (χ3v) is 4.87. The minimum absolute atomic E-state index is 0.0120. The molecule has 1 atom stereocenters. The first-order valence-corrected chi connectivity index (χ1v) is 9.12. The van der Waals surface area contributed by atoms with Crippen molar-refractivity contribution in [3.8, 4) is 11.3 Å². The van der Waals surface area contributed by atoms with Crippen molar-refractivity contribution in [2.24, 2.45) is 0 Å². The summed E-state index contributed by atoms with van der Waals surface area (Å²) in [6.07, 6.45) is 3.97. The first-order chi connectivity index (χ1) is 13.2. The molecule has 3 aromatic rings. The van der Waals surface area contributed by atoms with Gasteiger partial charge in [-0.25, -0.2) is 4.39 Å². The summed E-state index contributed by atoms with van der Waals surface area (Å²) in [7, 11) is 0. The normalized spacial score (nSPS) is 15.7. The summed E-state index contributed by atoms with van der Waals surface area (Å²) in [5.41, 5.74) is 0.723. The molecular weight excluding hydrogens is 347 g/mol. The van der Waals surface area contributed by atoms with Gasteiger partial charge in [-0.2, -0.15) is 0 Å². The molecule has 1 aromatic carbocycles. The highest BCUT2D eigenvalue weighted by atomic mass is 19.1. The zero-order valence-corrected chi connectivity index (χ0v) is 14.9. The average molecular weight is 368 g/mol. The minimum atomic E-state index is -0.311. The first-order valence-electron chi connectivity index (χ1n) is 9.12. The number of nitrogens with one attached hydrogen (secondary N) is 1. The van der Waals surface area contributed by atoms with Crippen LogP contribution in [0.3, 0.4) is 0 Å². The first kappa shape index (κ1) is 17.5. The van der Waals surface area contributed by atoms with Gasteiger partial charge in [-0.15, -0.1) is 0 Å². The van der Waals surface area contributed by atoms with Gasteiger partial charge in [0.1, 0.15) is 17.3 Å². The Balaban J connectivity index is 1.43. The van der Waals surface area contributed by atoms with E-state index in [9.17, 15) is 9.18 Å². The maximum atomic E-state index is 13.1. The van der Waals surface area contributed by atoms with Gasteiger partial charge in [0.25, 0.3) is 5.91 Å². The predicted octanol–water partition coefficient (Wildman–Crippen LogP) is 4.25. The van der Waals surface area contributed by atoms with Gasteiger partial charge in [0.2, 0.25) is 0 Å². The van der Waals surface area contributed by atoms with Crippen molar-refractivity contribution < 1.29 is 18.0 Å². The van der Waals surface area contributed by atoms with Crippen LogP contribution in [-0.4, -0.2) is 30.4 Å². The zero-order valence-electron chi connectivity index (χ0n) is 14.9. The number of carbonyl (C=O) groups excluding carboxylic acids is 1. The molecule has 5 nitrogen and oxygen atoms in total. The number of hydrogen-bond acceptors (Lipinski definition) is 4. The van der Waals surface area contributed by atoms with Crippen LogP contribution in [0.2, 0.25) is 0 Å². The Labute approximate surface area is 156 Å². The highest BCUT2D eigenvalue weighted by Gasteiger charge is 2.26. The number of rotatable bonds is 6. The Bertz CT molecular complexity index is 881. The number of furan rings is 2. The molecule has 6 heteroatoms. The van der Waals surface area contributed by atoms with Gasteiger partial charge < -0.3 is 14.2 Å². The van der Waals surface area contributed by atoms with Crippen molar-refractivity contribution in [1.82, 2.24) is 10.2 Å². The number of likely N-dealkylation sites (tertiary alicyclic amines) is 1. The van der Waals surface area contributed by atoms with Crippen molar-refractivity contribution in [1.29, 1.82) is 0 Å². The van der Waals surface area contributed by atoms with Crippen LogP contribution in [0, 0.1) is 5.82 Å². The van der Waals surface area contributed by atoms with E-state index in [1.54, 1.807) is 30.5 Å². The molecule has 1 amide bonds. The number of nitrogens with zero attached hydrogens (tertiary/aromatic N) is 1. The minimum Gasteiger partial charge on any atom is -0.468 e. The van der Waals surface area contributed by atoms with E-state index >= 15 is 0 Å². The van der Waals surface area contributed by atoms with E-state index in [0.29, 0.717) is 12.3 Å². The molecule has 2 aromatic heterocycles. The summed E-state index contributed by atoms with van der Waals surface area (Å²) in [6, 6.07) is 13.1. The lowest BCUT2D eigenvalue weighted by Gasteiger charge is -2.25. The van der Waals surface area contributed by atoms with E-state index in [2.05, 4.69) is 10.2 Å². The van der Waals surface area contributed by atoms with Gasteiger partial charge >= 0.3 is 0 Å². The molecule has 1 fully saturated rings. The van der Waals surface area contributed by atoms with E-state index in [0.717, 1.165) is 37.3 Å². The molecule has 1 aliphatic rings. The molecule has 0 aliphatic carbocycles. The monoisotopic (exact) mass is 368 g/mol. The topological polar surface area (TPSA) is 58.6 Å². The Kier molecular flexibility index (Phi) is 5.07. The van der Waals surface area contributed by atoms with Crippen LogP contribution in [0.5, 0.6) is 0 Å². The number of halogens is 1. The van der Waals surface area contributed by atoms with Crippen LogP contribution >= 0.6 is 0 Å². The maximum absolute atomic E-state index is 13.1. The SMILES string of the molecule is O=C(NC[C@H](c1ccco1)N1CCCC1)c1ccc(-c2ccc(F)cc2)o1. The Morgan fingerprint density at radius 3 is 2.59 bits per heavy atom. The smallest absolute Gasteiger partial charge is 0.287 e. The molecule has 3 heterocycles. The van der Waals surface area contributed by atoms with E-state index < -0.39 is 0 Å². The third kappa shape index (κ3) is 3.95. The molecule has 140 valence electrons. The summed E-state index contributed by atoms with van der Waals surface area (Å²) < 4.78 is 24.3. The summed E-state index contributed by atoms with van der Waals surface area (Å²) in [6.45, 7) is 2.44. The lowest BCUT2D eigenvalue weighted by Crippen LogP contribution is -2.36. The lowest BCUT2D eigenvalue weighted by atomic mass is 10.2. The summed E-state index contributed by atoms with van der Waals surface area (Å²) >= 11 is 0. The molecule has 4 rings (SSSR count). The van der Waals surface area contributed by atoms with Gasteiger partial charge in [0.05, 0.1) is 12.3 Å². The Morgan fingerprint density at radius 2 is 1.89 bits per heavy atom. The fraction of sp³-hybridized carbons (Fsp3) is 0.286. The third-order valence-electron chi connectivity index (χ3n) is 4.87. The molecule has 0 unspecified atom stereocenters. The highest BCUT2D eigenvalue weighted by molar-refractivity contribution is 5.92. The molecule has 0 saturated carbocycles. The summed E-state index contributed by atoms with van der Waals surface area (Å²) in [4.78, 5) is 14.8. The lowest BCUT2D eigenvalue weighted by molar-refractivity contribution is 0.0907. The fourth-order valence-corrected chi connectivity index (χ4v) is 3.45. The van der Waals surface area contributed by atoms with Gasteiger partial charge in [-0.1, -0.05) is 0 Å². The van der Waals surface area contributed by atoms with Crippen LogP contribution in [0.1, 0.15) is 35.2 Å². The average Bonchev–Trinajstić information content (AvgIpc) is 3.44. The second-order valence-corrected chi connectivity index (χ2v) is 6.66. The fourth-order valence-electron chi connectivity index (χ4n) is 3.45. The van der Waals surface area contributed by atoms with Crippen LogP contribution in [0.15, 0.2) is 63.6 Å². The quantitative estimate of drug-likeness (QED) is 0.707.